The van der Waals surface area contributed by atoms with Gasteiger partial charge in [0.05, 0.1) is 11.4 Å². The normalized spacial score (nSPS) is 16.1. The van der Waals surface area contributed by atoms with Crippen molar-refractivity contribution in [1.29, 1.82) is 0 Å². The van der Waals surface area contributed by atoms with Gasteiger partial charge in [-0.2, -0.15) is 0 Å². The van der Waals surface area contributed by atoms with Gasteiger partial charge in [0, 0.05) is 16.7 Å². The zero-order valence-electron chi connectivity index (χ0n) is 15.8. The van der Waals surface area contributed by atoms with Gasteiger partial charge in [0.25, 0.3) is 5.91 Å². The lowest BCUT2D eigenvalue weighted by molar-refractivity contribution is -0.115. The molecular formula is C22H15ClN2O5S. The Morgan fingerprint density at radius 1 is 1.16 bits per heavy atom. The third-order valence-electron chi connectivity index (χ3n) is 4.38. The van der Waals surface area contributed by atoms with Crippen molar-refractivity contribution in [3.8, 4) is 17.1 Å². The third-order valence-corrected chi connectivity index (χ3v) is 5.58. The lowest BCUT2D eigenvalue weighted by atomic mass is 10.1. The standard InChI is InChI=1S/C22H15ClN2O5S/c23-14-4-1-12(2-5-14)11-24-22-25-20(27)19(31-22)10-15-6-8-18(30-15)13-3-7-16(21(28)29)17(26)9-13/h1-10,26H,11H2,(H,28,29)(H,24,25,27)/b19-10-. The first-order valence-corrected chi connectivity index (χ1v) is 10.2. The number of amidine groups is 1. The number of carbonyl (C=O) groups is 2. The zero-order chi connectivity index (χ0) is 22.0. The van der Waals surface area contributed by atoms with Crippen LogP contribution >= 0.6 is 23.4 Å². The summed E-state index contributed by atoms with van der Waals surface area (Å²) in [5.74, 6) is -0.978. The largest absolute Gasteiger partial charge is 0.507 e. The molecule has 3 aromatic rings. The predicted molar refractivity (Wildman–Crippen MR) is 119 cm³/mol. The van der Waals surface area contributed by atoms with Crippen molar-refractivity contribution in [2.75, 3.05) is 0 Å². The van der Waals surface area contributed by atoms with E-state index in [1.165, 1.54) is 30.0 Å². The van der Waals surface area contributed by atoms with Crippen LogP contribution in [0.3, 0.4) is 0 Å². The molecule has 0 spiro atoms. The van der Waals surface area contributed by atoms with Gasteiger partial charge in [0.2, 0.25) is 0 Å². The predicted octanol–water partition coefficient (Wildman–Crippen LogP) is 4.76. The molecule has 0 saturated carbocycles. The van der Waals surface area contributed by atoms with Gasteiger partial charge >= 0.3 is 5.97 Å². The molecule has 2 aromatic carbocycles. The van der Waals surface area contributed by atoms with Crippen molar-refractivity contribution in [3.05, 3.63) is 81.4 Å². The average molecular weight is 455 g/mol. The van der Waals surface area contributed by atoms with E-state index in [1.807, 2.05) is 12.1 Å². The van der Waals surface area contributed by atoms with Crippen molar-refractivity contribution in [2.45, 2.75) is 6.54 Å². The van der Waals surface area contributed by atoms with Crippen molar-refractivity contribution >= 4 is 46.5 Å². The first-order chi connectivity index (χ1) is 14.9. The number of nitrogens with zero attached hydrogens (tertiary/aromatic N) is 1. The number of hydrogen-bond donors (Lipinski definition) is 3. The second kappa shape index (κ2) is 8.71. The molecule has 0 aliphatic carbocycles. The van der Waals surface area contributed by atoms with Gasteiger partial charge in [0.15, 0.2) is 5.17 Å². The molecule has 1 aromatic heterocycles. The van der Waals surface area contributed by atoms with Gasteiger partial charge in [-0.3, -0.25) is 9.79 Å². The van der Waals surface area contributed by atoms with Gasteiger partial charge in [-0.1, -0.05) is 29.8 Å². The van der Waals surface area contributed by atoms with Gasteiger partial charge in [-0.15, -0.1) is 0 Å². The molecule has 156 valence electrons. The van der Waals surface area contributed by atoms with E-state index >= 15 is 0 Å². The molecule has 1 aliphatic heterocycles. The van der Waals surface area contributed by atoms with Crippen molar-refractivity contribution < 1.29 is 24.2 Å². The quantitative estimate of drug-likeness (QED) is 0.479. The van der Waals surface area contributed by atoms with E-state index in [0.29, 0.717) is 38.7 Å². The molecule has 0 bridgehead atoms. The lowest BCUT2D eigenvalue weighted by Gasteiger charge is -2.02. The third kappa shape index (κ3) is 4.82. The van der Waals surface area contributed by atoms with Gasteiger partial charge in [0.1, 0.15) is 22.8 Å². The van der Waals surface area contributed by atoms with E-state index in [0.717, 1.165) is 5.56 Å². The topological polar surface area (TPSA) is 112 Å². The van der Waals surface area contributed by atoms with Crippen LogP contribution in [-0.2, 0) is 11.3 Å². The first-order valence-electron chi connectivity index (χ1n) is 9.05. The van der Waals surface area contributed by atoms with Gasteiger partial charge in [-0.25, -0.2) is 4.79 Å². The van der Waals surface area contributed by atoms with Crippen molar-refractivity contribution in [1.82, 2.24) is 5.32 Å². The van der Waals surface area contributed by atoms with Crippen molar-refractivity contribution in [3.63, 3.8) is 0 Å². The molecule has 0 radical (unpaired) electrons. The van der Waals surface area contributed by atoms with E-state index in [1.54, 1.807) is 30.3 Å². The molecule has 4 rings (SSSR count). The molecule has 7 nitrogen and oxygen atoms in total. The molecule has 1 fully saturated rings. The minimum Gasteiger partial charge on any atom is -0.507 e. The number of carbonyl (C=O) groups excluding carboxylic acids is 1. The molecule has 1 saturated heterocycles. The number of phenols is 1. The van der Waals surface area contributed by atoms with E-state index < -0.39 is 5.97 Å². The fourth-order valence-corrected chi connectivity index (χ4v) is 3.76. The van der Waals surface area contributed by atoms with Crippen LogP contribution in [0.25, 0.3) is 17.4 Å². The number of aromatic hydroxyl groups is 1. The molecule has 9 heteroatoms. The van der Waals surface area contributed by atoms with E-state index in [9.17, 15) is 14.7 Å². The Bertz CT molecular complexity index is 1230. The number of nitrogens with one attached hydrogen (secondary N) is 1. The number of aromatic carboxylic acids is 1. The Balaban J connectivity index is 1.48. The SMILES string of the molecule is O=C1NC(=NCc2ccc(Cl)cc2)S/C1=C\c1ccc(-c2ccc(C(=O)O)c(O)c2)o1. The Kier molecular flexibility index (Phi) is 5.83. The summed E-state index contributed by atoms with van der Waals surface area (Å²) in [7, 11) is 0. The molecular weight excluding hydrogens is 440 g/mol. The number of carboxylic acids is 1. The number of benzene rings is 2. The van der Waals surface area contributed by atoms with Crippen LogP contribution in [0.1, 0.15) is 21.7 Å². The second-order valence-electron chi connectivity index (χ2n) is 6.55. The van der Waals surface area contributed by atoms with E-state index in [4.69, 9.17) is 21.1 Å². The number of rotatable bonds is 5. The summed E-state index contributed by atoms with van der Waals surface area (Å²) in [4.78, 5) is 28.1. The number of amides is 1. The highest BCUT2D eigenvalue weighted by Crippen LogP contribution is 2.31. The summed E-state index contributed by atoms with van der Waals surface area (Å²) >= 11 is 7.08. The maximum atomic E-state index is 12.2. The molecule has 3 N–H and O–H groups in total. The summed E-state index contributed by atoms with van der Waals surface area (Å²) in [5, 5.41) is 22.7. The number of aliphatic imine (C=N–C) groups is 1. The Labute approximate surface area is 186 Å². The zero-order valence-corrected chi connectivity index (χ0v) is 17.4. The van der Waals surface area contributed by atoms with Crippen LogP contribution in [-0.4, -0.2) is 27.3 Å². The minimum absolute atomic E-state index is 0.193. The number of thioether (sulfide) groups is 1. The number of carboxylic acid groups (broad SMARTS) is 1. The summed E-state index contributed by atoms with van der Waals surface area (Å²) < 4.78 is 5.73. The van der Waals surface area contributed by atoms with Crippen molar-refractivity contribution in [2.24, 2.45) is 4.99 Å². The first kappa shape index (κ1) is 20.8. The highest BCUT2D eigenvalue weighted by molar-refractivity contribution is 8.18. The molecule has 1 aliphatic rings. The van der Waals surface area contributed by atoms with Gasteiger partial charge < -0.3 is 19.9 Å². The fourth-order valence-electron chi connectivity index (χ4n) is 2.83. The number of furan rings is 1. The molecule has 1 amide bonds. The maximum Gasteiger partial charge on any atom is 0.339 e. The van der Waals surface area contributed by atoms with Crippen LogP contribution in [0.2, 0.25) is 5.02 Å². The minimum atomic E-state index is -1.22. The highest BCUT2D eigenvalue weighted by Gasteiger charge is 2.24. The smallest absolute Gasteiger partial charge is 0.339 e. The molecule has 0 unspecified atom stereocenters. The molecule has 31 heavy (non-hydrogen) atoms. The maximum absolute atomic E-state index is 12.2. The van der Waals surface area contributed by atoms with Gasteiger partial charge in [-0.05, 0) is 53.7 Å². The monoisotopic (exact) mass is 454 g/mol. The van der Waals surface area contributed by atoms with E-state index in [-0.39, 0.29) is 17.2 Å². The number of hydrogen-bond acceptors (Lipinski definition) is 6. The van der Waals surface area contributed by atoms with E-state index in [2.05, 4.69) is 10.3 Å². The Hall–Kier alpha value is -3.49. The summed E-state index contributed by atoms with van der Waals surface area (Å²) in [6.07, 6.45) is 1.60. The summed E-state index contributed by atoms with van der Waals surface area (Å²) in [6, 6.07) is 14.8. The highest BCUT2D eigenvalue weighted by atomic mass is 35.5. The van der Waals surface area contributed by atoms with Crippen LogP contribution < -0.4 is 5.32 Å². The molecule has 2 heterocycles. The van der Waals surface area contributed by atoms with Crippen LogP contribution in [0.4, 0.5) is 0 Å². The Morgan fingerprint density at radius 3 is 2.65 bits per heavy atom. The summed E-state index contributed by atoms with van der Waals surface area (Å²) in [5.41, 5.74) is 1.29. The fraction of sp³-hybridized carbons (Fsp3) is 0.0455. The molecule has 0 atom stereocenters. The Morgan fingerprint density at radius 2 is 1.94 bits per heavy atom. The number of halogens is 1. The van der Waals surface area contributed by atoms with Crippen LogP contribution in [0, 0.1) is 0 Å². The van der Waals surface area contributed by atoms with Crippen LogP contribution in [0.5, 0.6) is 5.75 Å². The van der Waals surface area contributed by atoms with Crippen LogP contribution in [0.15, 0.2) is 68.9 Å². The lowest BCUT2D eigenvalue weighted by Crippen LogP contribution is -2.19. The second-order valence-corrected chi connectivity index (χ2v) is 8.02. The summed E-state index contributed by atoms with van der Waals surface area (Å²) in [6.45, 7) is 0.411. The average Bonchev–Trinajstić information content (AvgIpc) is 3.34.